The maximum Gasteiger partial charge on any atom is 0.321 e. The smallest absolute Gasteiger partial charge is 0.321 e. The van der Waals surface area contributed by atoms with Crippen molar-refractivity contribution in [2.75, 3.05) is 24.3 Å². The summed E-state index contributed by atoms with van der Waals surface area (Å²) in [7, 11) is -1.16. The molecule has 3 aromatic rings. The van der Waals surface area contributed by atoms with Crippen molar-refractivity contribution in [2.24, 2.45) is 0 Å². The first-order valence-corrected chi connectivity index (χ1v) is 11.3. The van der Waals surface area contributed by atoms with Crippen LogP contribution < -0.4 is 19.5 Å². The van der Waals surface area contributed by atoms with E-state index in [1.54, 1.807) is 0 Å². The van der Waals surface area contributed by atoms with E-state index < -0.39 is 10.0 Å². The van der Waals surface area contributed by atoms with Gasteiger partial charge in [0, 0.05) is 18.2 Å². The minimum Gasteiger partial charge on any atom is -0.481 e. The molecule has 10 heteroatoms. The number of nitrogens with zero attached hydrogens (tertiary/aromatic N) is 2. The molecule has 1 amide bonds. The Hall–Kier alpha value is -3.66. The zero-order chi connectivity index (χ0) is 23.0. The molecule has 0 unspecified atom stereocenters. The maximum atomic E-state index is 12.7. The van der Waals surface area contributed by atoms with Crippen LogP contribution in [0.4, 0.5) is 11.5 Å². The summed E-state index contributed by atoms with van der Waals surface area (Å²) in [5.74, 6) is 0.0270. The number of hydrogen-bond donors (Lipinski definition) is 2. The first-order chi connectivity index (χ1) is 15.4. The molecule has 0 bridgehead atoms. The largest absolute Gasteiger partial charge is 0.481 e. The highest BCUT2D eigenvalue weighted by atomic mass is 32.2. The molecular weight excluding hydrogens is 432 g/mol. The van der Waals surface area contributed by atoms with E-state index in [1.165, 1.54) is 50.1 Å². The number of anilines is 2. The molecule has 0 aliphatic carbocycles. The van der Waals surface area contributed by atoms with Crippen LogP contribution in [0.2, 0.25) is 0 Å². The van der Waals surface area contributed by atoms with Gasteiger partial charge in [-0.05, 0) is 42.7 Å². The van der Waals surface area contributed by atoms with Crippen LogP contribution in [0.25, 0.3) is 0 Å². The molecule has 0 aliphatic rings. The number of rotatable bonds is 10. The number of methoxy groups -OCH3 is 2. The molecule has 3 rings (SSSR count). The highest BCUT2D eigenvalue weighted by Crippen LogP contribution is 2.21. The third-order valence-electron chi connectivity index (χ3n) is 4.47. The number of aryl methyl sites for hydroxylation is 1. The fourth-order valence-corrected chi connectivity index (χ4v) is 3.88. The van der Waals surface area contributed by atoms with Gasteiger partial charge in [0.15, 0.2) is 5.82 Å². The molecule has 0 radical (unpaired) electrons. The standard InChI is InChI=1S/C22H24N4O5S/c1-30-21-15-19(24-22(25-21)31-2)26-32(28,29)18-13-11-17(12-14-18)23-20(27)10-6-9-16-7-4-3-5-8-16/h3-5,7-8,11-15H,6,9-10H2,1-2H3,(H,23,27)(H,24,25,26). The van der Waals surface area contributed by atoms with E-state index in [-0.39, 0.29) is 28.5 Å². The molecular formula is C22H24N4O5S. The first kappa shape index (κ1) is 23.0. The fourth-order valence-electron chi connectivity index (χ4n) is 2.89. The van der Waals surface area contributed by atoms with Crippen LogP contribution in [-0.2, 0) is 21.2 Å². The Labute approximate surface area is 186 Å². The van der Waals surface area contributed by atoms with Crippen molar-refractivity contribution in [3.63, 3.8) is 0 Å². The third-order valence-corrected chi connectivity index (χ3v) is 5.84. The molecule has 1 heterocycles. The zero-order valence-electron chi connectivity index (χ0n) is 17.7. The summed E-state index contributed by atoms with van der Waals surface area (Å²) in [5.41, 5.74) is 1.69. The van der Waals surface area contributed by atoms with E-state index >= 15 is 0 Å². The van der Waals surface area contributed by atoms with Crippen LogP contribution in [0.5, 0.6) is 11.9 Å². The van der Waals surface area contributed by atoms with Gasteiger partial charge in [0.1, 0.15) is 0 Å². The number of carbonyl (C=O) groups is 1. The average molecular weight is 457 g/mol. The van der Waals surface area contributed by atoms with Gasteiger partial charge in [-0.3, -0.25) is 9.52 Å². The lowest BCUT2D eigenvalue weighted by atomic mass is 10.1. The Morgan fingerprint density at radius 1 is 0.969 bits per heavy atom. The molecule has 0 saturated carbocycles. The number of carbonyl (C=O) groups excluding carboxylic acids is 1. The van der Waals surface area contributed by atoms with Gasteiger partial charge < -0.3 is 14.8 Å². The molecule has 1 aromatic heterocycles. The molecule has 0 aliphatic heterocycles. The Balaban J connectivity index is 1.58. The van der Waals surface area contributed by atoms with Crippen molar-refractivity contribution in [2.45, 2.75) is 24.2 Å². The number of aromatic nitrogens is 2. The van der Waals surface area contributed by atoms with Gasteiger partial charge in [-0.25, -0.2) is 8.42 Å². The lowest BCUT2D eigenvalue weighted by Gasteiger charge is -2.10. The minimum atomic E-state index is -3.92. The SMILES string of the molecule is COc1cc(NS(=O)(=O)c2ccc(NC(=O)CCCc3ccccc3)cc2)nc(OC)n1. The molecule has 9 nitrogen and oxygen atoms in total. The summed E-state index contributed by atoms with van der Waals surface area (Å²) in [6.07, 6.45) is 1.90. The maximum absolute atomic E-state index is 12.7. The molecule has 2 N–H and O–H groups in total. The third kappa shape index (κ3) is 6.42. The fraction of sp³-hybridized carbons (Fsp3) is 0.227. The molecule has 0 atom stereocenters. The summed E-state index contributed by atoms with van der Waals surface area (Å²) < 4.78 is 37.7. The van der Waals surface area contributed by atoms with Crippen molar-refractivity contribution >= 4 is 27.4 Å². The van der Waals surface area contributed by atoms with Gasteiger partial charge in [-0.1, -0.05) is 30.3 Å². The highest BCUT2D eigenvalue weighted by molar-refractivity contribution is 7.92. The van der Waals surface area contributed by atoms with Gasteiger partial charge in [0.25, 0.3) is 10.0 Å². The van der Waals surface area contributed by atoms with Gasteiger partial charge >= 0.3 is 6.01 Å². The highest BCUT2D eigenvalue weighted by Gasteiger charge is 2.17. The Morgan fingerprint density at radius 3 is 2.34 bits per heavy atom. The topological polar surface area (TPSA) is 120 Å². The Kier molecular flexibility index (Phi) is 7.61. The van der Waals surface area contributed by atoms with Crippen molar-refractivity contribution in [3.05, 3.63) is 66.2 Å². The summed E-state index contributed by atoms with van der Waals surface area (Å²) in [5, 5.41) is 2.78. The Morgan fingerprint density at radius 2 is 1.69 bits per heavy atom. The number of nitrogens with one attached hydrogen (secondary N) is 2. The number of sulfonamides is 1. The van der Waals surface area contributed by atoms with Crippen molar-refractivity contribution < 1.29 is 22.7 Å². The zero-order valence-corrected chi connectivity index (χ0v) is 18.6. The van der Waals surface area contributed by atoms with Crippen molar-refractivity contribution in [3.8, 4) is 11.9 Å². The Bertz CT molecular complexity index is 1130. The summed E-state index contributed by atoms with van der Waals surface area (Å²) >= 11 is 0. The molecule has 32 heavy (non-hydrogen) atoms. The van der Waals surface area contributed by atoms with Crippen LogP contribution >= 0.6 is 0 Å². The molecule has 168 valence electrons. The predicted octanol–water partition coefficient (Wildman–Crippen LogP) is 3.26. The second kappa shape index (κ2) is 10.6. The van der Waals surface area contributed by atoms with Crippen molar-refractivity contribution in [1.29, 1.82) is 0 Å². The molecule has 0 saturated heterocycles. The van der Waals surface area contributed by atoms with E-state index in [0.717, 1.165) is 12.8 Å². The van der Waals surface area contributed by atoms with Gasteiger partial charge in [0.2, 0.25) is 11.8 Å². The molecule has 2 aromatic carbocycles. The van der Waals surface area contributed by atoms with E-state index in [1.807, 2.05) is 30.3 Å². The lowest BCUT2D eigenvalue weighted by Crippen LogP contribution is -2.15. The summed E-state index contributed by atoms with van der Waals surface area (Å²) in [6, 6.07) is 17.1. The van der Waals surface area contributed by atoms with E-state index in [4.69, 9.17) is 9.47 Å². The van der Waals surface area contributed by atoms with Gasteiger partial charge in [-0.2, -0.15) is 9.97 Å². The predicted molar refractivity (Wildman–Crippen MR) is 120 cm³/mol. The average Bonchev–Trinajstić information content (AvgIpc) is 2.79. The molecule has 0 fully saturated rings. The quantitative estimate of drug-likeness (QED) is 0.480. The monoisotopic (exact) mass is 456 g/mol. The van der Waals surface area contributed by atoms with E-state index in [9.17, 15) is 13.2 Å². The van der Waals surface area contributed by atoms with Crippen LogP contribution in [0, 0.1) is 0 Å². The van der Waals surface area contributed by atoms with Gasteiger partial charge in [-0.15, -0.1) is 0 Å². The normalized spacial score (nSPS) is 10.9. The second-order valence-corrected chi connectivity index (χ2v) is 8.48. The number of hydrogen-bond acceptors (Lipinski definition) is 7. The van der Waals surface area contributed by atoms with E-state index in [0.29, 0.717) is 12.1 Å². The minimum absolute atomic E-state index is 0.00416. The van der Waals surface area contributed by atoms with Crippen LogP contribution in [0.15, 0.2) is 65.6 Å². The van der Waals surface area contributed by atoms with Crippen LogP contribution in [0.3, 0.4) is 0 Å². The second-order valence-electron chi connectivity index (χ2n) is 6.80. The van der Waals surface area contributed by atoms with Crippen molar-refractivity contribution in [1.82, 2.24) is 9.97 Å². The number of benzene rings is 2. The summed E-state index contributed by atoms with van der Waals surface area (Å²) in [4.78, 5) is 20.1. The summed E-state index contributed by atoms with van der Waals surface area (Å²) in [6.45, 7) is 0. The number of ether oxygens (including phenoxy) is 2. The van der Waals surface area contributed by atoms with E-state index in [2.05, 4.69) is 20.0 Å². The first-order valence-electron chi connectivity index (χ1n) is 9.83. The van der Waals surface area contributed by atoms with Crippen LogP contribution in [-0.4, -0.2) is 38.5 Å². The molecule has 0 spiro atoms. The number of amides is 1. The van der Waals surface area contributed by atoms with Gasteiger partial charge in [0.05, 0.1) is 19.1 Å². The lowest BCUT2D eigenvalue weighted by molar-refractivity contribution is -0.116. The van der Waals surface area contributed by atoms with Crippen LogP contribution in [0.1, 0.15) is 18.4 Å².